The molecule has 0 unspecified atom stereocenters. The van der Waals surface area contributed by atoms with Crippen molar-refractivity contribution in [1.29, 1.82) is 0 Å². The average Bonchev–Trinajstić information content (AvgIpc) is 3.64. The standard InChI is InChI=1S/C23H24ClF2N3O4S/c1-34(32,33)20-10-14(7-8-27-20)23(31)29-9-3-2-4-19(29)22(30)28-21(13-5-6-13)15-11-18(26)16(24)12-17(15)25/h7-8,10-13,19,21H,2-6,9H2,1H3,(H,28,30)/t19-,21-/m1/s1. The molecule has 0 spiro atoms. The van der Waals surface area contributed by atoms with E-state index in [2.05, 4.69) is 10.3 Å². The Morgan fingerprint density at radius 2 is 1.88 bits per heavy atom. The lowest BCUT2D eigenvalue weighted by Gasteiger charge is -2.36. The summed E-state index contributed by atoms with van der Waals surface area (Å²) in [5.74, 6) is -2.46. The summed E-state index contributed by atoms with van der Waals surface area (Å²) in [4.78, 5) is 31.7. The van der Waals surface area contributed by atoms with E-state index in [9.17, 15) is 26.8 Å². The van der Waals surface area contributed by atoms with Gasteiger partial charge >= 0.3 is 0 Å². The summed E-state index contributed by atoms with van der Waals surface area (Å²) in [5, 5.41) is 2.27. The second-order valence-electron chi connectivity index (χ2n) is 8.78. The second kappa shape index (κ2) is 9.58. The highest BCUT2D eigenvalue weighted by atomic mass is 35.5. The first-order valence-corrected chi connectivity index (χ1v) is 13.2. The van der Waals surface area contributed by atoms with Crippen LogP contribution in [0, 0.1) is 17.6 Å². The molecular formula is C23H24ClF2N3O4S. The van der Waals surface area contributed by atoms with Crippen molar-refractivity contribution in [2.45, 2.75) is 49.2 Å². The summed E-state index contributed by atoms with van der Waals surface area (Å²) in [6.45, 7) is 0.311. The minimum Gasteiger partial charge on any atom is -0.347 e. The fraction of sp³-hybridized carbons (Fsp3) is 0.435. The molecule has 0 bridgehead atoms. The number of halogens is 3. The summed E-state index contributed by atoms with van der Waals surface area (Å²) in [5.41, 5.74) is 0.137. The predicted octanol–water partition coefficient (Wildman–Crippen LogP) is 3.68. The van der Waals surface area contributed by atoms with Crippen molar-refractivity contribution >= 4 is 33.3 Å². The molecule has 1 aliphatic carbocycles. The number of aromatic nitrogens is 1. The maximum absolute atomic E-state index is 14.6. The maximum atomic E-state index is 14.6. The number of nitrogens with zero attached hydrogens (tertiary/aromatic N) is 2. The van der Waals surface area contributed by atoms with Crippen molar-refractivity contribution in [1.82, 2.24) is 15.2 Å². The number of pyridine rings is 1. The van der Waals surface area contributed by atoms with E-state index in [0.29, 0.717) is 25.8 Å². The van der Waals surface area contributed by atoms with Crippen LogP contribution in [0.4, 0.5) is 8.78 Å². The van der Waals surface area contributed by atoms with Crippen molar-refractivity contribution in [3.05, 3.63) is 58.2 Å². The predicted molar refractivity (Wildman–Crippen MR) is 121 cm³/mol. The lowest BCUT2D eigenvalue weighted by molar-refractivity contribution is -0.127. The number of amides is 2. The number of sulfone groups is 1. The molecule has 1 aromatic heterocycles. The van der Waals surface area contributed by atoms with E-state index < -0.39 is 45.4 Å². The van der Waals surface area contributed by atoms with E-state index in [1.54, 1.807) is 0 Å². The number of carbonyl (C=O) groups excluding carboxylic acids is 2. The summed E-state index contributed by atoms with van der Waals surface area (Å²) >= 11 is 5.68. The number of hydrogen-bond donors (Lipinski definition) is 1. The van der Waals surface area contributed by atoms with E-state index in [1.165, 1.54) is 23.2 Å². The number of likely N-dealkylation sites (tertiary alicyclic amines) is 1. The molecule has 1 N–H and O–H groups in total. The van der Waals surface area contributed by atoms with Gasteiger partial charge in [-0.2, -0.15) is 0 Å². The van der Waals surface area contributed by atoms with Gasteiger partial charge in [-0.05, 0) is 62.3 Å². The number of hydrogen-bond acceptors (Lipinski definition) is 5. The first-order chi connectivity index (χ1) is 16.1. The first kappa shape index (κ1) is 24.5. The molecule has 11 heteroatoms. The monoisotopic (exact) mass is 511 g/mol. The Hall–Kier alpha value is -2.59. The zero-order valence-corrected chi connectivity index (χ0v) is 20.0. The molecule has 7 nitrogen and oxygen atoms in total. The molecule has 2 amide bonds. The van der Waals surface area contributed by atoms with E-state index in [-0.39, 0.29) is 27.1 Å². The van der Waals surface area contributed by atoms with Crippen LogP contribution in [0.15, 0.2) is 35.5 Å². The summed E-state index contributed by atoms with van der Waals surface area (Å²) in [6, 6.07) is 2.94. The van der Waals surface area contributed by atoms with Gasteiger partial charge in [-0.1, -0.05) is 11.6 Å². The number of nitrogens with one attached hydrogen (secondary N) is 1. The molecule has 2 aromatic rings. The van der Waals surface area contributed by atoms with Crippen molar-refractivity contribution < 1.29 is 26.8 Å². The largest absolute Gasteiger partial charge is 0.347 e. The van der Waals surface area contributed by atoms with Gasteiger partial charge in [0.2, 0.25) is 5.91 Å². The van der Waals surface area contributed by atoms with Gasteiger partial charge in [0.25, 0.3) is 5.91 Å². The molecule has 182 valence electrons. The molecule has 2 aliphatic rings. The Bertz CT molecular complexity index is 1240. The van der Waals surface area contributed by atoms with Gasteiger partial charge in [0, 0.05) is 30.1 Å². The Morgan fingerprint density at radius 1 is 1.15 bits per heavy atom. The zero-order valence-electron chi connectivity index (χ0n) is 18.4. The minimum atomic E-state index is -3.62. The van der Waals surface area contributed by atoms with Crippen LogP contribution in [0.5, 0.6) is 0 Å². The highest BCUT2D eigenvalue weighted by Crippen LogP contribution is 2.42. The first-order valence-electron chi connectivity index (χ1n) is 11.0. The van der Waals surface area contributed by atoms with Crippen LogP contribution in [-0.2, 0) is 14.6 Å². The Balaban J connectivity index is 1.58. The average molecular weight is 512 g/mol. The molecule has 2 fully saturated rings. The van der Waals surface area contributed by atoms with Gasteiger partial charge in [0.1, 0.15) is 17.7 Å². The van der Waals surface area contributed by atoms with Gasteiger partial charge < -0.3 is 10.2 Å². The third kappa shape index (κ3) is 5.22. The van der Waals surface area contributed by atoms with E-state index in [4.69, 9.17) is 11.6 Å². The van der Waals surface area contributed by atoms with Crippen LogP contribution in [0.1, 0.15) is 54.1 Å². The van der Waals surface area contributed by atoms with E-state index in [0.717, 1.165) is 31.2 Å². The van der Waals surface area contributed by atoms with Gasteiger partial charge in [0.15, 0.2) is 14.9 Å². The van der Waals surface area contributed by atoms with Crippen LogP contribution in [0.3, 0.4) is 0 Å². The van der Waals surface area contributed by atoms with E-state index in [1.807, 2.05) is 0 Å². The molecular weight excluding hydrogens is 488 g/mol. The topological polar surface area (TPSA) is 96.4 Å². The van der Waals surface area contributed by atoms with Gasteiger partial charge in [-0.25, -0.2) is 22.2 Å². The quantitative estimate of drug-likeness (QED) is 0.597. The molecule has 1 aliphatic heterocycles. The van der Waals surface area contributed by atoms with Gasteiger partial charge in [-0.15, -0.1) is 0 Å². The third-order valence-electron chi connectivity index (χ3n) is 6.19. The summed E-state index contributed by atoms with van der Waals surface area (Å²) in [7, 11) is -3.62. The van der Waals surface area contributed by atoms with Gasteiger partial charge in [-0.3, -0.25) is 9.59 Å². The second-order valence-corrected chi connectivity index (χ2v) is 11.1. The fourth-order valence-electron chi connectivity index (χ4n) is 4.26. The summed E-state index contributed by atoms with van der Waals surface area (Å²) in [6.07, 6.45) is 5.55. The van der Waals surface area contributed by atoms with Crippen LogP contribution in [-0.4, -0.2) is 49.0 Å². The van der Waals surface area contributed by atoms with Crippen molar-refractivity contribution in [2.24, 2.45) is 5.92 Å². The Kier molecular flexibility index (Phi) is 6.91. The van der Waals surface area contributed by atoms with Crippen LogP contribution >= 0.6 is 11.6 Å². The zero-order chi connectivity index (χ0) is 24.6. The highest BCUT2D eigenvalue weighted by Gasteiger charge is 2.39. The lowest BCUT2D eigenvalue weighted by Crippen LogP contribution is -2.52. The van der Waals surface area contributed by atoms with Crippen LogP contribution in [0.2, 0.25) is 5.02 Å². The number of piperidine rings is 1. The summed E-state index contributed by atoms with van der Waals surface area (Å²) < 4.78 is 52.3. The van der Waals surface area contributed by atoms with Crippen molar-refractivity contribution in [3.63, 3.8) is 0 Å². The normalized spacial score (nSPS) is 19.5. The van der Waals surface area contributed by atoms with Crippen LogP contribution in [0.25, 0.3) is 0 Å². The van der Waals surface area contributed by atoms with E-state index >= 15 is 0 Å². The number of carbonyl (C=O) groups is 2. The Labute approximate surface area is 201 Å². The van der Waals surface area contributed by atoms with Crippen molar-refractivity contribution in [2.75, 3.05) is 12.8 Å². The van der Waals surface area contributed by atoms with Crippen LogP contribution < -0.4 is 5.32 Å². The smallest absolute Gasteiger partial charge is 0.254 e. The maximum Gasteiger partial charge on any atom is 0.254 e. The minimum absolute atomic E-state index is 0.0263. The fourth-order valence-corrected chi connectivity index (χ4v) is 5.01. The number of rotatable bonds is 6. The van der Waals surface area contributed by atoms with Gasteiger partial charge in [0.05, 0.1) is 11.1 Å². The SMILES string of the molecule is CS(=O)(=O)c1cc(C(=O)N2CCCC[C@@H]2C(=O)N[C@@H](c2cc(F)c(Cl)cc2F)C2CC2)ccn1. The molecule has 34 heavy (non-hydrogen) atoms. The molecule has 1 saturated carbocycles. The number of benzene rings is 1. The lowest BCUT2D eigenvalue weighted by atomic mass is 9.97. The molecule has 2 heterocycles. The molecule has 2 atom stereocenters. The third-order valence-corrected chi connectivity index (χ3v) is 7.47. The Morgan fingerprint density at radius 3 is 2.56 bits per heavy atom. The van der Waals surface area contributed by atoms with Crippen molar-refractivity contribution in [3.8, 4) is 0 Å². The molecule has 1 saturated heterocycles. The molecule has 4 rings (SSSR count). The molecule has 1 aromatic carbocycles. The molecule has 0 radical (unpaired) electrons. The highest BCUT2D eigenvalue weighted by molar-refractivity contribution is 7.90.